The second-order valence-corrected chi connectivity index (χ2v) is 6.72. The van der Waals surface area contributed by atoms with Crippen molar-refractivity contribution in [2.24, 2.45) is 5.92 Å². The molecule has 1 saturated heterocycles. The van der Waals surface area contributed by atoms with E-state index in [-0.39, 0.29) is 19.6 Å². The zero-order valence-corrected chi connectivity index (χ0v) is 14.6. The fourth-order valence-corrected chi connectivity index (χ4v) is 2.64. The van der Waals surface area contributed by atoms with E-state index in [1.54, 1.807) is 11.8 Å². The van der Waals surface area contributed by atoms with Gasteiger partial charge in [-0.25, -0.2) is 9.78 Å². The summed E-state index contributed by atoms with van der Waals surface area (Å²) in [6, 6.07) is 3.38. The quantitative estimate of drug-likeness (QED) is 0.781. The summed E-state index contributed by atoms with van der Waals surface area (Å²) in [6.07, 6.45) is 1.42. The van der Waals surface area contributed by atoms with Crippen LogP contribution < -0.4 is 0 Å². The topological polar surface area (TPSA) is 42.4 Å². The molecule has 1 aliphatic heterocycles. The third kappa shape index (κ3) is 5.48. The number of ether oxygens (including phenoxy) is 1. The molecule has 124 valence electrons. The van der Waals surface area contributed by atoms with Crippen molar-refractivity contribution in [3.8, 4) is 0 Å². The number of carbonyl (C=O) groups is 1. The van der Waals surface area contributed by atoms with Gasteiger partial charge in [-0.3, -0.25) is 0 Å². The van der Waals surface area contributed by atoms with E-state index in [1.165, 1.54) is 6.07 Å². The summed E-state index contributed by atoms with van der Waals surface area (Å²) in [6.45, 7) is 8.74. The van der Waals surface area contributed by atoms with Gasteiger partial charge in [0, 0.05) is 18.8 Å². The first-order valence-electron chi connectivity index (χ1n) is 7.34. The molecular weight excluding hydrogens is 303 g/mol. The largest absolute Gasteiger partial charge is 0.444 e. The second-order valence-electron chi connectivity index (χ2n) is 6.72. The number of aryl methyl sites for hydroxylation is 1. The maximum Gasteiger partial charge on any atom is 0.410 e. The lowest BCUT2D eigenvalue weighted by molar-refractivity contribution is 0.0288. The highest BCUT2D eigenvalue weighted by Crippen LogP contribution is 2.23. The lowest BCUT2D eigenvalue weighted by Gasteiger charge is -2.24. The Kier molecular flexibility index (Phi) is 6.23. The highest BCUT2D eigenvalue weighted by molar-refractivity contribution is 7.59. The number of hydrogen-bond donors (Lipinski definition) is 0. The Bertz CT molecular complexity index is 511. The highest BCUT2D eigenvalue weighted by Gasteiger charge is 2.29. The van der Waals surface area contributed by atoms with Crippen LogP contribution in [-0.2, 0) is 11.2 Å². The van der Waals surface area contributed by atoms with E-state index >= 15 is 0 Å². The van der Waals surface area contributed by atoms with Crippen LogP contribution in [0.2, 0.25) is 0 Å². The molecule has 0 N–H and O–H groups in total. The van der Waals surface area contributed by atoms with Gasteiger partial charge in [-0.1, -0.05) is 0 Å². The fourth-order valence-electron chi connectivity index (χ4n) is 2.64. The molecule has 1 unspecified atom stereocenters. The van der Waals surface area contributed by atoms with Crippen LogP contribution in [-0.4, -0.2) is 34.7 Å². The van der Waals surface area contributed by atoms with Crippen molar-refractivity contribution >= 4 is 19.6 Å². The van der Waals surface area contributed by atoms with Gasteiger partial charge in [0.15, 0.2) is 0 Å². The summed E-state index contributed by atoms with van der Waals surface area (Å²) >= 11 is 0. The molecule has 4 nitrogen and oxygen atoms in total. The van der Waals surface area contributed by atoms with Crippen molar-refractivity contribution in [2.75, 3.05) is 13.1 Å². The molecule has 0 bridgehead atoms. The third-order valence-electron chi connectivity index (χ3n) is 3.44. The lowest BCUT2D eigenvalue weighted by Crippen LogP contribution is -2.35. The van der Waals surface area contributed by atoms with E-state index in [2.05, 4.69) is 4.98 Å². The first-order valence-corrected chi connectivity index (χ1v) is 7.34. The zero-order valence-electron chi connectivity index (χ0n) is 13.6. The zero-order chi connectivity index (χ0) is 15.6. The van der Waals surface area contributed by atoms with Crippen LogP contribution >= 0.6 is 13.5 Å². The van der Waals surface area contributed by atoms with Crippen molar-refractivity contribution in [1.29, 1.82) is 0 Å². The van der Waals surface area contributed by atoms with Gasteiger partial charge >= 0.3 is 6.09 Å². The van der Waals surface area contributed by atoms with Crippen LogP contribution in [0.25, 0.3) is 0 Å². The molecule has 1 atom stereocenters. The van der Waals surface area contributed by atoms with Crippen molar-refractivity contribution in [3.63, 3.8) is 0 Å². The molecule has 22 heavy (non-hydrogen) atoms. The Labute approximate surface area is 138 Å². The summed E-state index contributed by atoms with van der Waals surface area (Å²) in [7, 11) is 0. The number of likely N-dealkylation sites (tertiary alicyclic amines) is 1. The Morgan fingerprint density at radius 3 is 2.73 bits per heavy atom. The van der Waals surface area contributed by atoms with Gasteiger partial charge in [0.05, 0.1) is 0 Å². The van der Waals surface area contributed by atoms with Crippen LogP contribution in [0.5, 0.6) is 0 Å². The van der Waals surface area contributed by atoms with Crippen LogP contribution in [0.15, 0.2) is 12.1 Å². The fraction of sp³-hybridized carbons (Fsp3) is 0.625. The Morgan fingerprint density at radius 1 is 1.45 bits per heavy atom. The average Bonchev–Trinajstić information content (AvgIpc) is 2.73. The van der Waals surface area contributed by atoms with Gasteiger partial charge in [0.1, 0.15) is 5.60 Å². The minimum atomic E-state index is -0.472. The summed E-state index contributed by atoms with van der Waals surface area (Å²) in [5, 5.41) is 0. The first kappa shape index (κ1) is 18.7. The molecule has 0 radical (unpaired) electrons. The van der Waals surface area contributed by atoms with Crippen LogP contribution in [0.4, 0.5) is 9.18 Å². The summed E-state index contributed by atoms with van der Waals surface area (Å²) in [5.74, 6) is -0.0919. The maximum absolute atomic E-state index is 13.3. The van der Waals surface area contributed by atoms with Gasteiger partial charge in [-0.2, -0.15) is 17.9 Å². The van der Waals surface area contributed by atoms with E-state index in [9.17, 15) is 9.18 Å². The van der Waals surface area contributed by atoms with Gasteiger partial charge in [0.25, 0.3) is 0 Å². The molecule has 1 aromatic rings. The highest BCUT2D eigenvalue weighted by atomic mass is 32.1. The SMILES string of the molecule is Cc1cc(CC2CCN(C(=O)OC(C)(C)C)C2)cc(F)n1.S. The smallest absolute Gasteiger partial charge is 0.410 e. The molecule has 1 aromatic heterocycles. The lowest BCUT2D eigenvalue weighted by atomic mass is 9.99. The molecule has 1 aliphatic rings. The molecule has 6 heteroatoms. The molecule has 1 fully saturated rings. The van der Waals surface area contributed by atoms with E-state index in [4.69, 9.17) is 4.74 Å². The molecule has 2 heterocycles. The van der Waals surface area contributed by atoms with Crippen LogP contribution in [0.1, 0.15) is 38.4 Å². The number of carbonyl (C=O) groups excluding carboxylic acids is 1. The Balaban J connectivity index is 0.00000242. The number of nitrogens with zero attached hydrogens (tertiary/aromatic N) is 2. The van der Waals surface area contributed by atoms with E-state index in [0.29, 0.717) is 24.7 Å². The maximum atomic E-state index is 13.3. The number of amides is 1. The number of halogens is 1. The van der Waals surface area contributed by atoms with Crippen LogP contribution in [0.3, 0.4) is 0 Å². The van der Waals surface area contributed by atoms with E-state index in [0.717, 1.165) is 18.4 Å². The number of aromatic nitrogens is 1. The second kappa shape index (κ2) is 7.31. The molecule has 0 aromatic carbocycles. The predicted molar refractivity (Wildman–Crippen MR) is 88.9 cm³/mol. The van der Waals surface area contributed by atoms with Gasteiger partial charge in [-0.05, 0) is 64.2 Å². The van der Waals surface area contributed by atoms with E-state index in [1.807, 2.05) is 26.8 Å². The van der Waals surface area contributed by atoms with Crippen LogP contribution in [0, 0.1) is 18.8 Å². The number of rotatable bonds is 2. The monoisotopic (exact) mass is 328 g/mol. The van der Waals surface area contributed by atoms with Crippen molar-refractivity contribution in [3.05, 3.63) is 29.3 Å². The summed E-state index contributed by atoms with van der Waals surface area (Å²) < 4.78 is 18.7. The molecule has 0 aliphatic carbocycles. The van der Waals surface area contributed by atoms with E-state index < -0.39 is 11.5 Å². The molecule has 0 spiro atoms. The predicted octanol–water partition coefficient (Wildman–Crippen LogP) is 3.44. The minimum absolute atomic E-state index is 0. The minimum Gasteiger partial charge on any atom is -0.444 e. The Morgan fingerprint density at radius 2 is 2.14 bits per heavy atom. The number of pyridine rings is 1. The summed E-state index contributed by atoms with van der Waals surface area (Å²) in [4.78, 5) is 17.5. The molecule has 2 rings (SSSR count). The standard InChI is InChI=1S/C16H23FN2O2.H2S/c1-11-7-13(9-14(17)18-11)8-12-5-6-19(10-12)15(20)21-16(2,3)4;/h7,9,12H,5-6,8,10H2,1-4H3;1H2. The molecule has 0 saturated carbocycles. The molecular formula is C16H25FN2O2S. The Hall–Kier alpha value is -1.30. The van der Waals surface area contributed by atoms with Crippen molar-refractivity contribution in [1.82, 2.24) is 9.88 Å². The third-order valence-corrected chi connectivity index (χ3v) is 3.44. The van der Waals surface area contributed by atoms with Gasteiger partial charge in [-0.15, -0.1) is 0 Å². The first-order chi connectivity index (χ1) is 9.73. The van der Waals surface area contributed by atoms with Crippen molar-refractivity contribution in [2.45, 2.75) is 46.1 Å². The number of hydrogen-bond acceptors (Lipinski definition) is 3. The van der Waals surface area contributed by atoms with Gasteiger partial charge < -0.3 is 9.64 Å². The van der Waals surface area contributed by atoms with Crippen molar-refractivity contribution < 1.29 is 13.9 Å². The normalized spacial score (nSPS) is 18.0. The average molecular weight is 328 g/mol. The summed E-state index contributed by atoms with van der Waals surface area (Å²) in [5.41, 5.74) is 1.16. The molecule has 1 amide bonds. The van der Waals surface area contributed by atoms with Gasteiger partial charge in [0.2, 0.25) is 5.95 Å².